The Hall–Kier alpha value is -2.19. The SMILES string of the molecule is C[C@@H](O[C@H]1OCCC(C(O)CS(=O)(=O)CCO)C1c1ccccc1)c1cc(C(F)(F)F)cc(C(F)(F)F)c1. The summed E-state index contributed by atoms with van der Waals surface area (Å²) in [6.07, 6.45) is -13.7. The van der Waals surface area contributed by atoms with Crippen LogP contribution in [0.3, 0.4) is 0 Å². The van der Waals surface area contributed by atoms with Gasteiger partial charge in [0, 0.05) is 5.92 Å². The number of halogens is 6. The van der Waals surface area contributed by atoms with Gasteiger partial charge in [-0.05, 0) is 48.6 Å². The molecule has 0 radical (unpaired) electrons. The minimum absolute atomic E-state index is 0.00110. The Bertz CT molecular complexity index is 1140. The lowest BCUT2D eigenvalue weighted by molar-refractivity contribution is -0.216. The van der Waals surface area contributed by atoms with E-state index < -0.39 is 81.8 Å². The van der Waals surface area contributed by atoms with Gasteiger partial charge in [0.15, 0.2) is 16.1 Å². The van der Waals surface area contributed by atoms with Gasteiger partial charge in [0.25, 0.3) is 0 Å². The number of alkyl halides is 6. The first kappa shape index (κ1) is 30.4. The summed E-state index contributed by atoms with van der Waals surface area (Å²) in [5.74, 6) is -2.72. The number of hydrogen-bond acceptors (Lipinski definition) is 6. The summed E-state index contributed by atoms with van der Waals surface area (Å²) in [6, 6.07) is 9.60. The lowest BCUT2D eigenvalue weighted by atomic mass is 9.79. The molecule has 1 fully saturated rings. The van der Waals surface area contributed by atoms with Crippen molar-refractivity contribution in [2.75, 3.05) is 24.7 Å². The second-order valence-electron chi connectivity index (χ2n) is 9.15. The third-order valence-corrected chi connectivity index (χ3v) is 8.07. The predicted molar refractivity (Wildman–Crippen MR) is 125 cm³/mol. The van der Waals surface area contributed by atoms with Crippen molar-refractivity contribution in [2.24, 2.45) is 5.92 Å². The lowest BCUT2D eigenvalue weighted by Gasteiger charge is -2.41. The third-order valence-electron chi connectivity index (χ3n) is 6.41. The van der Waals surface area contributed by atoms with Crippen molar-refractivity contribution in [3.05, 3.63) is 70.8 Å². The van der Waals surface area contributed by atoms with Crippen LogP contribution in [0.2, 0.25) is 0 Å². The van der Waals surface area contributed by atoms with Crippen molar-refractivity contribution in [3.8, 4) is 0 Å². The molecule has 1 aliphatic rings. The quantitative estimate of drug-likeness (QED) is 0.424. The Morgan fingerprint density at radius 2 is 1.61 bits per heavy atom. The van der Waals surface area contributed by atoms with Gasteiger partial charge in [0.2, 0.25) is 0 Å². The summed E-state index contributed by atoms with van der Waals surface area (Å²) in [6.45, 7) is 0.663. The van der Waals surface area contributed by atoms with Crippen LogP contribution in [0, 0.1) is 5.92 Å². The standard InChI is InChI=1S/C25H28F6O6S/c1-15(17-11-18(24(26,27)28)13-19(12-17)25(29,30)31)37-23-22(16-5-3-2-4-6-16)20(7-9-36-23)21(33)14-38(34,35)10-8-32/h2-6,11-13,15,20-23,32-33H,7-10,14H2,1H3/t15-,20?,21?,22?,23-/m1/s1. The maximum atomic E-state index is 13.3. The molecule has 2 aromatic rings. The summed E-state index contributed by atoms with van der Waals surface area (Å²) in [4.78, 5) is 0. The van der Waals surface area contributed by atoms with Crippen molar-refractivity contribution in [1.82, 2.24) is 0 Å². The molecule has 1 saturated heterocycles. The van der Waals surface area contributed by atoms with Crippen LogP contribution in [0.5, 0.6) is 0 Å². The minimum atomic E-state index is -5.03. The molecule has 1 aliphatic heterocycles. The first-order valence-electron chi connectivity index (χ1n) is 11.7. The molecule has 0 aromatic heterocycles. The smallest absolute Gasteiger partial charge is 0.395 e. The number of ether oxygens (including phenoxy) is 2. The largest absolute Gasteiger partial charge is 0.416 e. The first-order chi connectivity index (χ1) is 17.6. The zero-order chi connectivity index (χ0) is 28.3. The molecule has 13 heteroatoms. The summed E-state index contributed by atoms with van der Waals surface area (Å²) in [5, 5.41) is 19.9. The number of aliphatic hydroxyl groups excluding tert-OH is 2. The third kappa shape index (κ3) is 7.69. The molecule has 3 unspecified atom stereocenters. The average Bonchev–Trinajstić information content (AvgIpc) is 2.82. The molecule has 0 bridgehead atoms. The van der Waals surface area contributed by atoms with E-state index in [0.29, 0.717) is 17.7 Å². The highest BCUT2D eigenvalue weighted by atomic mass is 32.2. The van der Waals surface area contributed by atoms with Crippen LogP contribution in [0.15, 0.2) is 48.5 Å². The predicted octanol–water partition coefficient (Wildman–Crippen LogP) is 4.72. The molecule has 6 nitrogen and oxygen atoms in total. The molecular weight excluding hydrogens is 542 g/mol. The zero-order valence-corrected chi connectivity index (χ0v) is 21.1. The van der Waals surface area contributed by atoms with Crippen molar-refractivity contribution < 1.29 is 54.4 Å². The number of rotatable bonds is 9. The van der Waals surface area contributed by atoms with E-state index in [4.69, 9.17) is 14.6 Å². The van der Waals surface area contributed by atoms with Crippen molar-refractivity contribution >= 4 is 9.84 Å². The molecule has 0 spiro atoms. The van der Waals surface area contributed by atoms with Gasteiger partial charge in [-0.15, -0.1) is 0 Å². The van der Waals surface area contributed by atoms with E-state index in [1.165, 1.54) is 6.92 Å². The van der Waals surface area contributed by atoms with E-state index in [2.05, 4.69) is 0 Å². The highest BCUT2D eigenvalue weighted by Crippen LogP contribution is 2.42. The topological polar surface area (TPSA) is 93.1 Å². The van der Waals surface area contributed by atoms with Gasteiger partial charge in [-0.2, -0.15) is 26.3 Å². The molecule has 5 atom stereocenters. The van der Waals surface area contributed by atoms with E-state index in [0.717, 1.165) is 0 Å². The molecule has 38 heavy (non-hydrogen) atoms. The molecule has 2 N–H and O–H groups in total. The van der Waals surface area contributed by atoms with Crippen molar-refractivity contribution in [1.29, 1.82) is 0 Å². The van der Waals surface area contributed by atoms with Crippen molar-refractivity contribution in [2.45, 2.75) is 50.1 Å². The van der Waals surface area contributed by atoms with Gasteiger partial charge < -0.3 is 19.7 Å². The van der Waals surface area contributed by atoms with E-state index in [-0.39, 0.29) is 24.7 Å². The second kappa shape index (κ2) is 11.9. The normalized spacial score (nSPS) is 22.7. The molecule has 0 saturated carbocycles. The molecule has 3 rings (SSSR count). The zero-order valence-electron chi connectivity index (χ0n) is 20.2. The highest BCUT2D eigenvalue weighted by Gasteiger charge is 2.42. The summed E-state index contributed by atoms with van der Waals surface area (Å²) >= 11 is 0. The van der Waals surface area contributed by atoms with E-state index in [1.807, 2.05) is 0 Å². The molecule has 212 valence electrons. The van der Waals surface area contributed by atoms with Gasteiger partial charge in [-0.25, -0.2) is 8.42 Å². The Morgan fingerprint density at radius 3 is 2.13 bits per heavy atom. The van der Waals surface area contributed by atoms with Crippen LogP contribution in [-0.4, -0.2) is 55.7 Å². The van der Waals surface area contributed by atoms with Crippen LogP contribution in [0.1, 0.15) is 47.6 Å². The maximum absolute atomic E-state index is 13.3. The molecular formula is C25H28F6O6S. The highest BCUT2D eigenvalue weighted by molar-refractivity contribution is 7.91. The average molecular weight is 571 g/mol. The monoisotopic (exact) mass is 570 g/mol. The van der Waals surface area contributed by atoms with Crippen molar-refractivity contribution in [3.63, 3.8) is 0 Å². The van der Waals surface area contributed by atoms with Gasteiger partial charge in [0.05, 0.1) is 48.1 Å². The van der Waals surface area contributed by atoms with Gasteiger partial charge in [0.1, 0.15) is 0 Å². The Labute approximate surface area is 216 Å². The Kier molecular flexibility index (Phi) is 9.51. The number of hydrogen-bond donors (Lipinski definition) is 2. The number of aliphatic hydroxyl groups is 2. The van der Waals surface area contributed by atoms with E-state index >= 15 is 0 Å². The Morgan fingerprint density at radius 1 is 1.03 bits per heavy atom. The van der Waals surface area contributed by atoms with Gasteiger partial charge in [-0.1, -0.05) is 30.3 Å². The molecule has 1 heterocycles. The fourth-order valence-corrected chi connectivity index (χ4v) is 5.75. The summed E-state index contributed by atoms with van der Waals surface area (Å²) in [5.41, 5.74) is -2.77. The van der Waals surface area contributed by atoms with Crippen LogP contribution in [0.4, 0.5) is 26.3 Å². The molecule has 0 aliphatic carbocycles. The van der Waals surface area contributed by atoms with Gasteiger partial charge in [-0.3, -0.25) is 0 Å². The molecule has 0 amide bonds. The van der Waals surface area contributed by atoms with Crippen LogP contribution >= 0.6 is 0 Å². The van der Waals surface area contributed by atoms with Gasteiger partial charge >= 0.3 is 12.4 Å². The van der Waals surface area contributed by atoms with Crippen LogP contribution in [-0.2, 0) is 31.7 Å². The fourth-order valence-electron chi connectivity index (χ4n) is 4.54. The summed E-state index contributed by atoms with van der Waals surface area (Å²) < 4.78 is 116. The summed E-state index contributed by atoms with van der Waals surface area (Å²) in [7, 11) is -3.80. The maximum Gasteiger partial charge on any atom is 0.416 e. The fraction of sp³-hybridized carbons (Fsp3) is 0.520. The van der Waals surface area contributed by atoms with Crippen LogP contribution < -0.4 is 0 Å². The van der Waals surface area contributed by atoms with E-state index in [1.54, 1.807) is 30.3 Å². The minimum Gasteiger partial charge on any atom is -0.395 e. The first-order valence-corrected chi connectivity index (χ1v) is 13.6. The second-order valence-corrected chi connectivity index (χ2v) is 11.4. The lowest BCUT2D eigenvalue weighted by Crippen LogP contribution is -2.44. The van der Waals surface area contributed by atoms with E-state index in [9.17, 15) is 39.9 Å². The number of sulfone groups is 1. The van der Waals surface area contributed by atoms with Crippen LogP contribution in [0.25, 0.3) is 0 Å². The molecule has 2 aromatic carbocycles. The number of benzene rings is 2. The Balaban J connectivity index is 1.95.